The molecular weight excluding hydrogens is 376 g/mol. The summed E-state index contributed by atoms with van der Waals surface area (Å²) in [5.41, 5.74) is 1.36. The predicted octanol–water partition coefficient (Wildman–Crippen LogP) is 3.58. The molecule has 0 atom stereocenters. The van der Waals surface area contributed by atoms with E-state index in [-0.39, 0.29) is 5.56 Å². The molecular formula is C20H18N4O3S. The summed E-state index contributed by atoms with van der Waals surface area (Å²) < 4.78 is 12.9. The topological polar surface area (TPSA) is 85.4 Å². The first-order valence-corrected chi connectivity index (χ1v) is 9.71. The number of aromatic nitrogens is 4. The largest absolute Gasteiger partial charge is 0.492 e. The van der Waals surface area contributed by atoms with Crippen molar-refractivity contribution >= 4 is 17.4 Å². The standard InChI is InChI=1S/C20H18N4O3S/c1-2-6-14-7-3-4-8-15(14)27-11-12-28-20-22-19(16-9-5-10-26-16)21-17-13-18(25)23-24(17)20/h2-5,7-10,13H,1,6,11-12H2,(H,23,25). The van der Waals surface area contributed by atoms with Crippen LogP contribution in [0.25, 0.3) is 17.2 Å². The van der Waals surface area contributed by atoms with Gasteiger partial charge in [-0.2, -0.15) is 4.98 Å². The molecule has 3 heterocycles. The molecule has 3 aromatic heterocycles. The molecule has 0 fully saturated rings. The monoisotopic (exact) mass is 394 g/mol. The number of rotatable bonds is 8. The Labute approximate surface area is 165 Å². The van der Waals surface area contributed by atoms with Crippen LogP contribution in [0.3, 0.4) is 0 Å². The number of hydrogen-bond acceptors (Lipinski definition) is 6. The highest BCUT2D eigenvalue weighted by Crippen LogP contribution is 2.23. The first-order chi connectivity index (χ1) is 13.7. The molecule has 0 saturated carbocycles. The van der Waals surface area contributed by atoms with Crippen LogP contribution < -0.4 is 10.3 Å². The fraction of sp³-hybridized carbons (Fsp3) is 0.150. The highest BCUT2D eigenvalue weighted by molar-refractivity contribution is 7.99. The number of para-hydroxylation sites is 1. The van der Waals surface area contributed by atoms with Gasteiger partial charge in [-0.3, -0.25) is 9.89 Å². The van der Waals surface area contributed by atoms with Crippen LogP contribution in [0.5, 0.6) is 5.75 Å². The van der Waals surface area contributed by atoms with Crippen LogP contribution in [0.15, 0.2) is 75.8 Å². The summed E-state index contributed by atoms with van der Waals surface area (Å²) >= 11 is 1.47. The molecule has 0 radical (unpaired) electrons. The Hall–Kier alpha value is -3.26. The number of nitrogens with zero attached hydrogens (tertiary/aromatic N) is 3. The zero-order chi connectivity index (χ0) is 19.3. The molecule has 4 rings (SSSR count). The van der Waals surface area contributed by atoms with Gasteiger partial charge in [-0.1, -0.05) is 36.0 Å². The van der Waals surface area contributed by atoms with Crippen LogP contribution in [0.1, 0.15) is 5.56 Å². The van der Waals surface area contributed by atoms with Gasteiger partial charge in [0.15, 0.2) is 22.4 Å². The van der Waals surface area contributed by atoms with Gasteiger partial charge >= 0.3 is 0 Å². The van der Waals surface area contributed by atoms with Crippen molar-refractivity contribution in [3.05, 3.63) is 77.3 Å². The number of fused-ring (bicyclic) bond motifs is 1. The third kappa shape index (κ3) is 3.86. The van der Waals surface area contributed by atoms with Gasteiger partial charge in [0.2, 0.25) is 0 Å². The number of aromatic amines is 1. The van der Waals surface area contributed by atoms with Gasteiger partial charge in [-0.05, 0) is 30.2 Å². The molecule has 8 heteroatoms. The molecule has 0 spiro atoms. The lowest BCUT2D eigenvalue weighted by molar-refractivity contribution is 0.340. The van der Waals surface area contributed by atoms with E-state index in [2.05, 4.69) is 21.6 Å². The molecule has 0 bridgehead atoms. The Morgan fingerprint density at radius 2 is 2.14 bits per heavy atom. The minimum Gasteiger partial charge on any atom is -0.492 e. The van der Waals surface area contributed by atoms with Crippen LogP contribution in [0, 0.1) is 0 Å². The molecule has 4 aromatic rings. The van der Waals surface area contributed by atoms with E-state index in [1.165, 1.54) is 17.8 Å². The van der Waals surface area contributed by atoms with Gasteiger partial charge in [0.25, 0.3) is 5.56 Å². The van der Waals surface area contributed by atoms with Crippen molar-refractivity contribution in [3.8, 4) is 17.3 Å². The molecule has 0 amide bonds. The zero-order valence-electron chi connectivity index (χ0n) is 15.0. The van der Waals surface area contributed by atoms with Crippen LogP contribution in [0.4, 0.5) is 0 Å². The van der Waals surface area contributed by atoms with Crippen LogP contribution in [-0.2, 0) is 6.42 Å². The van der Waals surface area contributed by atoms with Gasteiger partial charge < -0.3 is 9.15 Å². The fourth-order valence-corrected chi connectivity index (χ4v) is 3.52. The number of hydrogen-bond donors (Lipinski definition) is 1. The van der Waals surface area contributed by atoms with Crippen LogP contribution in [0.2, 0.25) is 0 Å². The number of ether oxygens (including phenoxy) is 1. The van der Waals surface area contributed by atoms with Gasteiger partial charge in [0, 0.05) is 11.8 Å². The summed E-state index contributed by atoms with van der Waals surface area (Å²) in [5.74, 6) is 2.48. The van der Waals surface area contributed by atoms with Crippen LogP contribution in [-0.4, -0.2) is 31.9 Å². The van der Waals surface area contributed by atoms with E-state index < -0.39 is 0 Å². The van der Waals surface area contributed by atoms with Crippen molar-refractivity contribution in [2.75, 3.05) is 12.4 Å². The van der Waals surface area contributed by atoms with Gasteiger partial charge in [-0.15, -0.1) is 6.58 Å². The summed E-state index contributed by atoms with van der Waals surface area (Å²) in [6.07, 6.45) is 4.17. The molecule has 28 heavy (non-hydrogen) atoms. The Morgan fingerprint density at radius 3 is 2.96 bits per heavy atom. The summed E-state index contributed by atoms with van der Waals surface area (Å²) in [5, 5.41) is 3.33. The second kappa shape index (κ2) is 8.18. The van der Waals surface area contributed by atoms with Gasteiger partial charge in [0.1, 0.15) is 5.75 Å². The third-order valence-electron chi connectivity index (χ3n) is 3.98. The molecule has 142 valence electrons. The number of H-pyrrole nitrogens is 1. The Balaban J connectivity index is 1.50. The van der Waals surface area contributed by atoms with Gasteiger partial charge in [-0.25, -0.2) is 9.50 Å². The molecule has 1 aromatic carbocycles. The van der Waals surface area contributed by atoms with Crippen molar-refractivity contribution in [1.29, 1.82) is 0 Å². The number of allylic oxidation sites excluding steroid dienone is 1. The average Bonchev–Trinajstić information content (AvgIpc) is 3.35. The van der Waals surface area contributed by atoms with E-state index in [0.717, 1.165) is 17.7 Å². The first kappa shape index (κ1) is 18.1. The zero-order valence-corrected chi connectivity index (χ0v) is 15.8. The highest BCUT2D eigenvalue weighted by Gasteiger charge is 2.13. The number of benzene rings is 1. The SMILES string of the molecule is C=CCc1ccccc1OCCSc1nc(-c2ccco2)nc2cc(=O)[nH]n12. The van der Waals surface area contributed by atoms with Crippen molar-refractivity contribution in [1.82, 2.24) is 19.6 Å². The smallest absolute Gasteiger partial charge is 0.266 e. The quantitative estimate of drug-likeness (QED) is 0.279. The van der Waals surface area contributed by atoms with Crippen LogP contribution >= 0.6 is 11.8 Å². The van der Waals surface area contributed by atoms with Crippen molar-refractivity contribution < 1.29 is 9.15 Å². The van der Waals surface area contributed by atoms with Crippen molar-refractivity contribution in [3.63, 3.8) is 0 Å². The lowest BCUT2D eigenvalue weighted by Gasteiger charge is -2.10. The summed E-state index contributed by atoms with van der Waals surface area (Å²) in [6, 6.07) is 12.9. The minimum absolute atomic E-state index is 0.234. The summed E-state index contributed by atoms with van der Waals surface area (Å²) in [7, 11) is 0. The van der Waals surface area contributed by atoms with E-state index in [1.54, 1.807) is 22.9 Å². The lowest BCUT2D eigenvalue weighted by Crippen LogP contribution is -2.07. The summed E-state index contributed by atoms with van der Waals surface area (Å²) in [6.45, 7) is 4.27. The van der Waals surface area contributed by atoms with E-state index in [9.17, 15) is 4.79 Å². The maximum atomic E-state index is 11.7. The third-order valence-corrected chi connectivity index (χ3v) is 4.88. The molecule has 7 nitrogen and oxygen atoms in total. The molecule has 0 unspecified atom stereocenters. The van der Waals surface area contributed by atoms with Crippen molar-refractivity contribution in [2.45, 2.75) is 11.6 Å². The van der Waals surface area contributed by atoms with Crippen molar-refractivity contribution in [2.24, 2.45) is 0 Å². The minimum atomic E-state index is -0.234. The fourth-order valence-electron chi connectivity index (χ4n) is 2.75. The normalized spacial score (nSPS) is 11.0. The average molecular weight is 394 g/mol. The maximum Gasteiger partial charge on any atom is 0.266 e. The molecule has 1 N–H and O–H groups in total. The number of thioether (sulfide) groups is 1. The van der Waals surface area contributed by atoms with E-state index in [1.807, 2.05) is 30.3 Å². The lowest BCUT2D eigenvalue weighted by atomic mass is 10.1. The first-order valence-electron chi connectivity index (χ1n) is 8.72. The second-order valence-corrected chi connectivity index (χ2v) is 6.98. The highest BCUT2D eigenvalue weighted by atomic mass is 32.2. The number of nitrogens with one attached hydrogen (secondary N) is 1. The van der Waals surface area contributed by atoms with E-state index >= 15 is 0 Å². The molecule has 0 aliphatic heterocycles. The molecule has 0 aliphatic carbocycles. The van der Waals surface area contributed by atoms with Gasteiger partial charge in [0.05, 0.1) is 12.9 Å². The van der Waals surface area contributed by atoms with E-state index in [0.29, 0.717) is 34.7 Å². The Kier molecular flexibility index (Phi) is 5.29. The Bertz CT molecular complexity index is 1150. The maximum absolute atomic E-state index is 11.7. The molecule has 0 saturated heterocycles. The molecule has 0 aliphatic rings. The summed E-state index contributed by atoms with van der Waals surface area (Å²) in [4.78, 5) is 20.7. The van der Waals surface area contributed by atoms with E-state index in [4.69, 9.17) is 9.15 Å². The Morgan fingerprint density at radius 1 is 1.25 bits per heavy atom. The number of furan rings is 1. The second-order valence-electron chi connectivity index (χ2n) is 5.92. The predicted molar refractivity (Wildman–Crippen MR) is 108 cm³/mol.